The Bertz CT molecular complexity index is 980. The molecule has 0 saturated heterocycles. The van der Waals surface area contributed by atoms with Gasteiger partial charge in [0.25, 0.3) is 5.91 Å². The fourth-order valence-electron chi connectivity index (χ4n) is 2.48. The molecule has 0 atom stereocenters. The average Bonchev–Trinajstić information content (AvgIpc) is 3.15. The summed E-state index contributed by atoms with van der Waals surface area (Å²) in [6, 6.07) is 3.94. The molecule has 2 aromatic heterocycles. The molecule has 0 unspecified atom stereocenters. The van der Waals surface area contributed by atoms with Crippen molar-refractivity contribution < 1.29 is 35.6 Å². The molecule has 1 N–H and O–H groups in total. The summed E-state index contributed by atoms with van der Waals surface area (Å²) in [6.45, 7) is -0.563. The molecule has 0 aliphatic heterocycles. The van der Waals surface area contributed by atoms with Crippen molar-refractivity contribution in [2.75, 3.05) is 0 Å². The molecule has 0 bridgehead atoms. The van der Waals surface area contributed by atoms with Gasteiger partial charge in [0, 0.05) is 18.9 Å². The van der Waals surface area contributed by atoms with Crippen LogP contribution in [0.15, 0.2) is 53.4 Å². The number of amides is 1. The number of aromatic nitrogens is 2. The first-order chi connectivity index (χ1) is 13.6. The lowest BCUT2D eigenvalue weighted by Gasteiger charge is -2.14. The lowest BCUT2D eigenvalue weighted by Crippen LogP contribution is -2.23. The number of nitrogens with one attached hydrogen (secondary N) is 1. The predicted molar refractivity (Wildman–Crippen MR) is 87.4 cm³/mol. The van der Waals surface area contributed by atoms with E-state index in [1.807, 2.05) is 0 Å². The maximum Gasteiger partial charge on any atom is 0.416 e. The van der Waals surface area contributed by atoms with Crippen LogP contribution < -0.4 is 5.32 Å². The summed E-state index contributed by atoms with van der Waals surface area (Å²) < 4.78 is 82.7. The van der Waals surface area contributed by atoms with E-state index in [0.29, 0.717) is 12.1 Å². The van der Waals surface area contributed by atoms with E-state index in [-0.39, 0.29) is 28.8 Å². The number of halogens is 6. The van der Waals surface area contributed by atoms with Crippen molar-refractivity contribution in [3.05, 3.63) is 71.2 Å². The molecule has 0 spiro atoms. The number of rotatable bonds is 4. The van der Waals surface area contributed by atoms with Crippen molar-refractivity contribution >= 4 is 5.91 Å². The van der Waals surface area contributed by atoms with Gasteiger partial charge >= 0.3 is 12.4 Å². The smallest absolute Gasteiger partial charge is 0.416 e. The molecular formula is C18H11F6N3O2. The van der Waals surface area contributed by atoms with Crippen molar-refractivity contribution in [1.82, 2.24) is 15.3 Å². The summed E-state index contributed by atoms with van der Waals surface area (Å²) in [7, 11) is 0. The Morgan fingerprint density at radius 3 is 2.10 bits per heavy atom. The van der Waals surface area contributed by atoms with Crippen LogP contribution in [0.25, 0.3) is 11.6 Å². The van der Waals surface area contributed by atoms with E-state index in [1.165, 1.54) is 30.8 Å². The zero-order chi connectivity index (χ0) is 21.2. The van der Waals surface area contributed by atoms with Gasteiger partial charge in [0.05, 0.1) is 23.0 Å². The van der Waals surface area contributed by atoms with Gasteiger partial charge in [-0.3, -0.25) is 4.79 Å². The van der Waals surface area contributed by atoms with Crippen LogP contribution in [-0.4, -0.2) is 15.9 Å². The molecule has 3 aromatic rings. The SMILES string of the molecule is O=C(NCc1cc(C(F)(F)F)cc(C(F)(F)F)c1)c1ccoc1-c1ncccn1. The van der Waals surface area contributed by atoms with Crippen LogP contribution >= 0.6 is 0 Å². The first-order valence-electron chi connectivity index (χ1n) is 7.97. The van der Waals surface area contributed by atoms with Crippen LogP contribution in [0, 0.1) is 0 Å². The molecule has 0 radical (unpaired) electrons. The van der Waals surface area contributed by atoms with Crippen molar-refractivity contribution in [2.24, 2.45) is 0 Å². The molecular weight excluding hydrogens is 404 g/mol. The highest BCUT2D eigenvalue weighted by atomic mass is 19.4. The molecule has 0 aliphatic carbocycles. The minimum Gasteiger partial charge on any atom is -0.460 e. The van der Waals surface area contributed by atoms with Crippen LogP contribution in [0.2, 0.25) is 0 Å². The second-order valence-electron chi connectivity index (χ2n) is 5.83. The molecule has 0 aliphatic rings. The Labute approximate surface area is 159 Å². The summed E-state index contributed by atoms with van der Waals surface area (Å²) in [4.78, 5) is 20.2. The van der Waals surface area contributed by atoms with Crippen LogP contribution in [0.5, 0.6) is 0 Å². The van der Waals surface area contributed by atoms with Gasteiger partial charge in [0.2, 0.25) is 0 Å². The zero-order valence-corrected chi connectivity index (χ0v) is 14.3. The average molecular weight is 415 g/mol. The highest BCUT2D eigenvalue weighted by Crippen LogP contribution is 2.36. The zero-order valence-electron chi connectivity index (χ0n) is 14.3. The monoisotopic (exact) mass is 415 g/mol. The second-order valence-corrected chi connectivity index (χ2v) is 5.83. The van der Waals surface area contributed by atoms with Crippen LogP contribution in [-0.2, 0) is 18.9 Å². The van der Waals surface area contributed by atoms with Crippen LogP contribution in [0.3, 0.4) is 0 Å². The molecule has 2 heterocycles. The fraction of sp³-hybridized carbons (Fsp3) is 0.167. The van der Waals surface area contributed by atoms with E-state index in [9.17, 15) is 31.1 Å². The number of carbonyl (C=O) groups is 1. The highest BCUT2D eigenvalue weighted by Gasteiger charge is 2.36. The van der Waals surface area contributed by atoms with Gasteiger partial charge in [-0.05, 0) is 35.9 Å². The summed E-state index contributed by atoms with van der Waals surface area (Å²) >= 11 is 0. The Kier molecular flexibility index (Phi) is 5.31. The van der Waals surface area contributed by atoms with Crippen molar-refractivity contribution in [2.45, 2.75) is 18.9 Å². The van der Waals surface area contributed by atoms with Gasteiger partial charge < -0.3 is 9.73 Å². The van der Waals surface area contributed by atoms with Gasteiger partial charge in [0.1, 0.15) is 0 Å². The molecule has 1 aromatic carbocycles. The van der Waals surface area contributed by atoms with Crippen molar-refractivity contribution in [1.29, 1.82) is 0 Å². The first-order valence-corrected chi connectivity index (χ1v) is 7.97. The third kappa shape index (κ3) is 4.73. The van der Waals surface area contributed by atoms with Crippen molar-refractivity contribution in [3.63, 3.8) is 0 Å². The van der Waals surface area contributed by atoms with E-state index in [1.54, 1.807) is 0 Å². The number of nitrogens with zero attached hydrogens (tertiary/aromatic N) is 2. The van der Waals surface area contributed by atoms with Gasteiger partial charge in [-0.1, -0.05) is 0 Å². The molecule has 5 nitrogen and oxygen atoms in total. The first kappa shape index (κ1) is 20.4. The summed E-state index contributed by atoms with van der Waals surface area (Å²) in [5, 5.41) is 2.28. The topological polar surface area (TPSA) is 68.0 Å². The molecule has 1 amide bonds. The molecule has 152 valence electrons. The Morgan fingerprint density at radius 2 is 1.55 bits per heavy atom. The number of hydrogen-bond acceptors (Lipinski definition) is 4. The third-order valence-corrected chi connectivity index (χ3v) is 3.78. The number of hydrogen-bond donors (Lipinski definition) is 1. The standard InChI is InChI=1S/C18H11F6N3O2/c19-17(20,21)11-6-10(7-12(8-11)18(22,23)24)9-27-16(28)13-2-5-29-14(13)15-25-3-1-4-26-15/h1-8H,9H2,(H,27,28). The largest absolute Gasteiger partial charge is 0.460 e. The Balaban J connectivity index is 1.84. The Hall–Kier alpha value is -3.37. The number of carbonyl (C=O) groups excluding carboxylic acids is 1. The van der Waals surface area contributed by atoms with Crippen LogP contribution in [0.4, 0.5) is 26.3 Å². The lowest BCUT2D eigenvalue weighted by molar-refractivity contribution is -0.143. The van der Waals surface area contributed by atoms with E-state index < -0.39 is 35.9 Å². The lowest BCUT2D eigenvalue weighted by atomic mass is 10.0. The van der Waals surface area contributed by atoms with Gasteiger partial charge in [0.15, 0.2) is 11.6 Å². The van der Waals surface area contributed by atoms with E-state index in [0.717, 1.165) is 0 Å². The van der Waals surface area contributed by atoms with E-state index in [4.69, 9.17) is 4.42 Å². The van der Waals surface area contributed by atoms with E-state index >= 15 is 0 Å². The molecule has 0 saturated carbocycles. The van der Waals surface area contributed by atoms with Gasteiger partial charge in [-0.15, -0.1) is 0 Å². The molecule has 3 rings (SSSR count). The normalized spacial score (nSPS) is 12.1. The van der Waals surface area contributed by atoms with Crippen molar-refractivity contribution in [3.8, 4) is 11.6 Å². The summed E-state index contributed by atoms with van der Waals surface area (Å²) in [6.07, 6.45) is -5.93. The molecule has 11 heteroatoms. The second kappa shape index (κ2) is 7.57. The minimum atomic E-state index is -4.97. The number of furan rings is 1. The van der Waals surface area contributed by atoms with E-state index in [2.05, 4.69) is 15.3 Å². The highest BCUT2D eigenvalue weighted by molar-refractivity contribution is 5.98. The number of alkyl halides is 6. The summed E-state index contributed by atoms with van der Waals surface area (Å²) in [5.41, 5.74) is -3.29. The Morgan fingerprint density at radius 1 is 0.966 bits per heavy atom. The number of benzene rings is 1. The van der Waals surface area contributed by atoms with Crippen LogP contribution in [0.1, 0.15) is 27.0 Å². The minimum absolute atomic E-state index is 0.0146. The maximum absolute atomic E-state index is 12.9. The fourth-order valence-corrected chi connectivity index (χ4v) is 2.48. The predicted octanol–water partition coefficient (Wildman–Crippen LogP) is 4.70. The van der Waals surface area contributed by atoms with Gasteiger partial charge in [-0.2, -0.15) is 26.3 Å². The maximum atomic E-state index is 12.9. The molecule has 29 heavy (non-hydrogen) atoms. The third-order valence-electron chi connectivity index (χ3n) is 3.78. The molecule has 0 fully saturated rings. The summed E-state index contributed by atoms with van der Waals surface area (Å²) in [5.74, 6) is -0.656. The quantitative estimate of drug-likeness (QED) is 0.627. The van der Waals surface area contributed by atoms with Gasteiger partial charge in [-0.25, -0.2) is 9.97 Å².